The number of halogens is 3. The lowest BCUT2D eigenvalue weighted by Crippen LogP contribution is -2.39. The number of aryl methyl sites for hydroxylation is 1. The van der Waals surface area contributed by atoms with Crippen molar-refractivity contribution in [2.45, 2.75) is 56.1 Å². The second kappa shape index (κ2) is 6.58. The molecule has 2 rings (SSSR count). The van der Waals surface area contributed by atoms with Crippen LogP contribution in [0.3, 0.4) is 0 Å². The molecule has 1 aromatic rings. The summed E-state index contributed by atoms with van der Waals surface area (Å²) in [6.45, 7) is 1.97. The zero-order valence-corrected chi connectivity index (χ0v) is 13.2. The average Bonchev–Trinajstić information content (AvgIpc) is 2.46. The first-order valence-corrected chi connectivity index (χ1v) is 8.88. The number of nitrogens with one attached hydrogen (secondary N) is 1. The summed E-state index contributed by atoms with van der Waals surface area (Å²) >= 11 is 0. The monoisotopic (exact) mass is 335 g/mol. The lowest BCUT2D eigenvalue weighted by Gasteiger charge is -2.30. The second-order valence-corrected chi connectivity index (χ2v) is 7.42. The fourth-order valence-electron chi connectivity index (χ4n) is 2.73. The largest absolute Gasteiger partial charge is 0.391 e. The zero-order chi connectivity index (χ0) is 16.4. The van der Waals surface area contributed by atoms with E-state index < -0.39 is 28.2 Å². The van der Waals surface area contributed by atoms with Crippen LogP contribution >= 0.6 is 0 Å². The normalized spacial score (nSPS) is 23.5. The van der Waals surface area contributed by atoms with Gasteiger partial charge in [-0.25, -0.2) is 13.1 Å². The Morgan fingerprint density at radius 1 is 1.09 bits per heavy atom. The molecule has 22 heavy (non-hydrogen) atoms. The van der Waals surface area contributed by atoms with E-state index >= 15 is 0 Å². The van der Waals surface area contributed by atoms with Crippen LogP contribution in [0.25, 0.3) is 0 Å². The van der Waals surface area contributed by atoms with Crippen LogP contribution in [0.15, 0.2) is 29.2 Å². The van der Waals surface area contributed by atoms with Crippen molar-refractivity contribution >= 4 is 10.0 Å². The summed E-state index contributed by atoms with van der Waals surface area (Å²) in [5.74, 6) is -1.31. The van der Waals surface area contributed by atoms with Gasteiger partial charge < -0.3 is 0 Å². The Bertz CT molecular complexity index is 588. The van der Waals surface area contributed by atoms with E-state index in [-0.39, 0.29) is 30.6 Å². The van der Waals surface area contributed by atoms with Crippen LogP contribution in [-0.4, -0.2) is 20.6 Å². The summed E-state index contributed by atoms with van der Waals surface area (Å²) in [6, 6.07) is 6.13. The fourth-order valence-corrected chi connectivity index (χ4v) is 4.04. The molecule has 0 saturated heterocycles. The Balaban J connectivity index is 1.98. The highest BCUT2D eigenvalue weighted by Gasteiger charge is 2.41. The Morgan fingerprint density at radius 3 is 2.09 bits per heavy atom. The van der Waals surface area contributed by atoms with Crippen molar-refractivity contribution in [3.05, 3.63) is 29.8 Å². The zero-order valence-electron chi connectivity index (χ0n) is 12.4. The van der Waals surface area contributed by atoms with E-state index in [1.165, 1.54) is 12.1 Å². The summed E-state index contributed by atoms with van der Waals surface area (Å²) in [4.78, 5) is 0.155. The van der Waals surface area contributed by atoms with Gasteiger partial charge in [0.25, 0.3) is 0 Å². The van der Waals surface area contributed by atoms with E-state index in [1.54, 1.807) is 12.1 Å². The number of rotatable bonds is 4. The Kier molecular flexibility index (Phi) is 5.17. The third-order valence-electron chi connectivity index (χ3n) is 4.15. The van der Waals surface area contributed by atoms with Crippen LogP contribution in [-0.2, 0) is 16.4 Å². The lowest BCUT2D eigenvalue weighted by atomic mass is 9.86. The van der Waals surface area contributed by atoms with Crippen molar-refractivity contribution in [3.8, 4) is 0 Å². The SMILES string of the molecule is CCc1ccc(S(=O)(=O)NC2CCC(C(F)(F)F)CC2)cc1. The Labute approximate surface area is 129 Å². The lowest BCUT2D eigenvalue weighted by molar-refractivity contribution is -0.182. The van der Waals surface area contributed by atoms with Gasteiger partial charge in [0.15, 0.2) is 0 Å². The van der Waals surface area contributed by atoms with Gasteiger partial charge in [-0.3, -0.25) is 0 Å². The summed E-state index contributed by atoms with van der Waals surface area (Å²) in [7, 11) is -3.67. The fraction of sp³-hybridized carbons (Fsp3) is 0.600. The van der Waals surface area contributed by atoms with Crippen LogP contribution in [0.5, 0.6) is 0 Å². The van der Waals surface area contributed by atoms with Gasteiger partial charge in [0.05, 0.1) is 10.8 Å². The quantitative estimate of drug-likeness (QED) is 0.913. The van der Waals surface area contributed by atoms with E-state index in [1.807, 2.05) is 6.92 Å². The van der Waals surface area contributed by atoms with Crippen molar-refractivity contribution in [1.82, 2.24) is 4.72 Å². The second-order valence-electron chi connectivity index (χ2n) is 5.71. The molecule has 1 N–H and O–H groups in total. The molecule has 1 saturated carbocycles. The molecule has 0 unspecified atom stereocenters. The van der Waals surface area contributed by atoms with E-state index in [4.69, 9.17) is 0 Å². The first-order chi connectivity index (χ1) is 10.2. The average molecular weight is 335 g/mol. The summed E-state index contributed by atoms with van der Waals surface area (Å²) < 4.78 is 64.8. The van der Waals surface area contributed by atoms with Crippen molar-refractivity contribution in [2.75, 3.05) is 0 Å². The predicted octanol–water partition coefficient (Wildman–Crippen LogP) is 3.65. The highest BCUT2D eigenvalue weighted by Crippen LogP contribution is 2.37. The molecule has 0 aromatic heterocycles. The molecule has 0 atom stereocenters. The van der Waals surface area contributed by atoms with Crippen molar-refractivity contribution in [2.24, 2.45) is 5.92 Å². The first-order valence-electron chi connectivity index (χ1n) is 7.40. The molecule has 1 fully saturated rings. The molecular weight excluding hydrogens is 315 g/mol. The van der Waals surface area contributed by atoms with Gasteiger partial charge in [-0.15, -0.1) is 0 Å². The van der Waals surface area contributed by atoms with Gasteiger partial charge in [0, 0.05) is 6.04 Å². The van der Waals surface area contributed by atoms with Gasteiger partial charge in [0.1, 0.15) is 0 Å². The number of benzene rings is 1. The van der Waals surface area contributed by atoms with Crippen molar-refractivity contribution < 1.29 is 21.6 Å². The van der Waals surface area contributed by atoms with Crippen molar-refractivity contribution in [1.29, 1.82) is 0 Å². The molecule has 0 heterocycles. The third-order valence-corrected chi connectivity index (χ3v) is 5.69. The van der Waals surface area contributed by atoms with Gasteiger partial charge in [-0.1, -0.05) is 19.1 Å². The van der Waals surface area contributed by atoms with Gasteiger partial charge in [-0.05, 0) is 49.8 Å². The van der Waals surface area contributed by atoms with Crippen molar-refractivity contribution in [3.63, 3.8) is 0 Å². The van der Waals surface area contributed by atoms with E-state index in [0.29, 0.717) is 0 Å². The topological polar surface area (TPSA) is 46.2 Å². The summed E-state index contributed by atoms with van der Waals surface area (Å²) in [5, 5.41) is 0. The van der Waals surface area contributed by atoms with Crippen LogP contribution in [0, 0.1) is 5.92 Å². The Hall–Kier alpha value is -1.08. The minimum atomic E-state index is -4.18. The maximum Gasteiger partial charge on any atom is 0.391 e. The van der Waals surface area contributed by atoms with E-state index in [2.05, 4.69) is 4.72 Å². The Morgan fingerprint density at radius 2 is 1.64 bits per heavy atom. The molecule has 0 bridgehead atoms. The third kappa shape index (κ3) is 4.23. The number of hydrogen-bond donors (Lipinski definition) is 1. The molecule has 0 spiro atoms. The molecule has 1 aromatic carbocycles. The minimum Gasteiger partial charge on any atom is -0.208 e. The summed E-state index contributed by atoms with van der Waals surface area (Å²) in [5.41, 5.74) is 1.03. The smallest absolute Gasteiger partial charge is 0.208 e. The molecule has 1 aliphatic carbocycles. The van der Waals surface area contributed by atoms with Crippen LogP contribution in [0.1, 0.15) is 38.2 Å². The maximum atomic E-state index is 12.6. The van der Waals surface area contributed by atoms with Crippen LogP contribution in [0.2, 0.25) is 0 Å². The number of hydrogen-bond acceptors (Lipinski definition) is 2. The van der Waals surface area contributed by atoms with Gasteiger partial charge in [0.2, 0.25) is 10.0 Å². The molecule has 0 radical (unpaired) electrons. The number of sulfonamides is 1. The van der Waals surface area contributed by atoms with Crippen LogP contribution in [0.4, 0.5) is 13.2 Å². The first kappa shape index (κ1) is 17.3. The molecule has 124 valence electrons. The highest BCUT2D eigenvalue weighted by molar-refractivity contribution is 7.89. The molecule has 0 amide bonds. The maximum absolute atomic E-state index is 12.6. The molecular formula is C15H20F3NO2S. The highest BCUT2D eigenvalue weighted by atomic mass is 32.2. The minimum absolute atomic E-state index is 0.0224. The molecule has 1 aliphatic rings. The number of alkyl halides is 3. The molecule has 0 aliphatic heterocycles. The van der Waals surface area contributed by atoms with E-state index in [9.17, 15) is 21.6 Å². The predicted molar refractivity (Wildman–Crippen MR) is 77.9 cm³/mol. The molecule has 3 nitrogen and oxygen atoms in total. The van der Waals surface area contributed by atoms with E-state index in [0.717, 1.165) is 12.0 Å². The standard InChI is InChI=1S/C15H20F3NO2S/c1-2-11-3-9-14(10-4-11)22(20,21)19-13-7-5-12(6-8-13)15(16,17)18/h3-4,9-10,12-13,19H,2,5-8H2,1H3. The van der Waals surface area contributed by atoms with Crippen LogP contribution < -0.4 is 4.72 Å². The van der Waals surface area contributed by atoms with Gasteiger partial charge in [-0.2, -0.15) is 13.2 Å². The van der Waals surface area contributed by atoms with Gasteiger partial charge >= 0.3 is 6.18 Å². The molecule has 7 heteroatoms. The summed E-state index contributed by atoms with van der Waals surface area (Å²) in [6.07, 6.45) is -2.97.